The highest BCUT2D eigenvalue weighted by atomic mass is 16.5. The summed E-state index contributed by atoms with van der Waals surface area (Å²) in [7, 11) is 0. The minimum atomic E-state index is 0.549. The third-order valence-electron chi connectivity index (χ3n) is 4.46. The van der Waals surface area contributed by atoms with E-state index >= 15 is 0 Å². The molecule has 2 atom stereocenters. The van der Waals surface area contributed by atoms with E-state index in [1.165, 1.54) is 37.9 Å². The Hall–Kier alpha value is -1.06. The Kier molecular flexibility index (Phi) is 4.04. The number of ether oxygens (including phenoxy) is 1. The van der Waals surface area contributed by atoms with Gasteiger partial charge in [-0.15, -0.1) is 0 Å². The fourth-order valence-corrected chi connectivity index (χ4v) is 3.48. The van der Waals surface area contributed by atoms with Crippen LogP contribution in [0.5, 0.6) is 5.75 Å². The van der Waals surface area contributed by atoms with Crippen LogP contribution in [0.15, 0.2) is 24.3 Å². The summed E-state index contributed by atoms with van der Waals surface area (Å²) in [5.74, 6) is 2.44. The molecular formula is C16H24N2O. The van der Waals surface area contributed by atoms with Gasteiger partial charge in [0, 0.05) is 24.6 Å². The number of benzene rings is 1. The van der Waals surface area contributed by atoms with Gasteiger partial charge in [0.2, 0.25) is 0 Å². The van der Waals surface area contributed by atoms with Crippen LogP contribution in [0.2, 0.25) is 0 Å². The van der Waals surface area contributed by atoms with E-state index < -0.39 is 0 Å². The first kappa shape index (κ1) is 12.9. The van der Waals surface area contributed by atoms with Crippen molar-refractivity contribution in [1.29, 1.82) is 0 Å². The van der Waals surface area contributed by atoms with Gasteiger partial charge in [-0.1, -0.05) is 18.2 Å². The van der Waals surface area contributed by atoms with Crippen LogP contribution >= 0.6 is 0 Å². The zero-order valence-electron chi connectivity index (χ0n) is 11.6. The van der Waals surface area contributed by atoms with Crippen molar-refractivity contribution in [3.8, 4) is 5.75 Å². The van der Waals surface area contributed by atoms with Crippen LogP contribution in [0, 0.1) is 5.92 Å². The maximum absolute atomic E-state index is 5.78. The van der Waals surface area contributed by atoms with Gasteiger partial charge in [0.1, 0.15) is 5.75 Å². The largest absolute Gasteiger partial charge is 0.493 e. The lowest BCUT2D eigenvalue weighted by Gasteiger charge is -2.34. The van der Waals surface area contributed by atoms with Gasteiger partial charge in [0.25, 0.3) is 0 Å². The van der Waals surface area contributed by atoms with Gasteiger partial charge >= 0.3 is 0 Å². The second-order valence-electron chi connectivity index (χ2n) is 5.89. The van der Waals surface area contributed by atoms with Gasteiger partial charge in [0.05, 0.1) is 6.61 Å². The first-order chi connectivity index (χ1) is 9.36. The van der Waals surface area contributed by atoms with Gasteiger partial charge in [-0.25, -0.2) is 0 Å². The second kappa shape index (κ2) is 5.93. The molecular weight excluding hydrogens is 236 g/mol. The van der Waals surface area contributed by atoms with Crippen molar-refractivity contribution in [2.75, 3.05) is 32.8 Å². The molecule has 2 aliphatic heterocycles. The molecule has 1 aromatic carbocycles. The Balaban J connectivity index is 1.60. The van der Waals surface area contributed by atoms with Gasteiger partial charge in [0.15, 0.2) is 0 Å². The molecule has 2 aliphatic rings. The van der Waals surface area contributed by atoms with Crippen molar-refractivity contribution in [1.82, 2.24) is 4.90 Å². The third-order valence-corrected chi connectivity index (χ3v) is 4.46. The molecule has 1 aromatic rings. The number of para-hydroxylation sites is 1. The summed E-state index contributed by atoms with van der Waals surface area (Å²) in [5, 5.41) is 0. The molecule has 0 bridgehead atoms. The molecule has 2 N–H and O–H groups in total. The lowest BCUT2D eigenvalue weighted by Crippen LogP contribution is -2.38. The topological polar surface area (TPSA) is 38.5 Å². The van der Waals surface area contributed by atoms with Crippen molar-refractivity contribution in [2.45, 2.75) is 25.2 Å². The highest BCUT2D eigenvalue weighted by molar-refractivity contribution is 5.39. The summed E-state index contributed by atoms with van der Waals surface area (Å²) in [6.07, 6.45) is 3.85. The van der Waals surface area contributed by atoms with Crippen molar-refractivity contribution >= 4 is 0 Å². The van der Waals surface area contributed by atoms with E-state index in [1.54, 1.807) is 0 Å². The molecule has 19 heavy (non-hydrogen) atoms. The average molecular weight is 260 g/mol. The maximum atomic E-state index is 5.78. The SMILES string of the molecule is NCCC1CCCN(CC2COc3ccccc32)C1. The summed E-state index contributed by atoms with van der Waals surface area (Å²) in [4.78, 5) is 2.61. The summed E-state index contributed by atoms with van der Waals surface area (Å²) in [5.41, 5.74) is 7.09. The quantitative estimate of drug-likeness (QED) is 0.902. The van der Waals surface area contributed by atoms with E-state index in [0.29, 0.717) is 5.92 Å². The lowest BCUT2D eigenvalue weighted by molar-refractivity contribution is 0.154. The van der Waals surface area contributed by atoms with Crippen molar-refractivity contribution in [2.24, 2.45) is 11.7 Å². The van der Waals surface area contributed by atoms with Crippen molar-refractivity contribution < 1.29 is 4.74 Å². The van der Waals surface area contributed by atoms with Crippen LogP contribution in [-0.2, 0) is 0 Å². The number of hydrogen-bond acceptors (Lipinski definition) is 3. The van der Waals surface area contributed by atoms with Gasteiger partial charge in [-0.3, -0.25) is 0 Å². The fourth-order valence-electron chi connectivity index (χ4n) is 3.48. The number of rotatable bonds is 4. The second-order valence-corrected chi connectivity index (χ2v) is 5.89. The Morgan fingerprint density at radius 3 is 3.11 bits per heavy atom. The highest BCUT2D eigenvalue weighted by Gasteiger charge is 2.27. The summed E-state index contributed by atoms with van der Waals surface area (Å²) >= 11 is 0. The first-order valence-corrected chi connectivity index (χ1v) is 7.51. The zero-order valence-corrected chi connectivity index (χ0v) is 11.6. The van der Waals surface area contributed by atoms with E-state index in [0.717, 1.165) is 31.4 Å². The van der Waals surface area contributed by atoms with Crippen LogP contribution < -0.4 is 10.5 Å². The van der Waals surface area contributed by atoms with Crippen LogP contribution in [-0.4, -0.2) is 37.7 Å². The van der Waals surface area contributed by atoms with E-state index in [4.69, 9.17) is 10.5 Å². The maximum Gasteiger partial charge on any atom is 0.122 e. The van der Waals surface area contributed by atoms with Crippen LogP contribution in [0.3, 0.4) is 0 Å². The molecule has 3 rings (SSSR count). The van der Waals surface area contributed by atoms with E-state index in [1.807, 2.05) is 0 Å². The number of likely N-dealkylation sites (tertiary alicyclic amines) is 1. The highest BCUT2D eigenvalue weighted by Crippen LogP contribution is 2.34. The van der Waals surface area contributed by atoms with Crippen molar-refractivity contribution in [3.05, 3.63) is 29.8 Å². The normalized spacial score (nSPS) is 27.0. The molecule has 0 aromatic heterocycles. The molecule has 0 spiro atoms. The number of fused-ring (bicyclic) bond motifs is 1. The number of hydrogen-bond donors (Lipinski definition) is 1. The third kappa shape index (κ3) is 2.93. The Morgan fingerprint density at radius 2 is 2.21 bits per heavy atom. The lowest BCUT2D eigenvalue weighted by atomic mass is 9.93. The fraction of sp³-hybridized carbons (Fsp3) is 0.625. The number of piperidine rings is 1. The molecule has 3 nitrogen and oxygen atoms in total. The molecule has 1 fully saturated rings. The van der Waals surface area contributed by atoms with Crippen LogP contribution in [0.1, 0.15) is 30.7 Å². The van der Waals surface area contributed by atoms with Gasteiger partial charge in [-0.2, -0.15) is 0 Å². The molecule has 0 radical (unpaired) electrons. The van der Waals surface area contributed by atoms with Crippen LogP contribution in [0.4, 0.5) is 0 Å². The zero-order chi connectivity index (χ0) is 13.1. The van der Waals surface area contributed by atoms with E-state index in [9.17, 15) is 0 Å². The van der Waals surface area contributed by atoms with E-state index in [2.05, 4.69) is 29.2 Å². The Morgan fingerprint density at radius 1 is 1.32 bits per heavy atom. The summed E-state index contributed by atoms with van der Waals surface area (Å²) < 4.78 is 5.78. The molecule has 1 saturated heterocycles. The molecule has 0 aliphatic carbocycles. The smallest absolute Gasteiger partial charge is 0.122 e. The Labute approximate surface area is 115 Å². The molecule has 2 heterocycles. The Bertz CT molecular complexity index is 419. The predicted molar refractivity (Wildman–Crippen MR) is 77.5 cm³/mol. The minimum Gasteiger partial charge on any atom is -0.493 e. The van der Waals surface area contributed by atoms with Crippen LogP contribution in [0.25, 0.3) is 0 Å². The molecule has 104 valence electrons. The molecule has 2 unspecified atom stereocenters. The van der Waals surface area contributed by atoms with Gasteiger partial charge in [-0.05, 0) is 44.3 Å². The first-order valence-electron chi connectivity index (χ1n) is 7.51. The summed E-state index contributed by atoms with van der Waals surface area (Å²) in [6, 6.07) is 8.48. The van der Waals surface area contributed by atoms with Crippen molar-refractivity contribution in [3.63, 3.8) is 0 Å². The number of nitrogens with zero attached hydrogens (tertiary/aromatic N) is 1. The van der Waals surface area contributed by atoms with E-state index in [-0.39, 0.29) is 0 Å². The number of nitrogens with two attached hydrogens (primary N) is 1. The summed E-state index contributed by atoms with van der Waals surface area (Å²) in [6.45, 7) is 5.26. The standard InChI is InChI=1S/C16H24N2O/c17-8-7-13-4-3-9-18(10-13)11-14-12-19-16-6-2-1-5-15(14)16/h1-2,5-6,13-14H,3-4,7-12,17H2. The molecule has 0 saturated carbocycles. The molecule has 3 heteroatoms. The minimum absolute atomic E-state index is 0.549. The predicted octanol–water partition coefficient (Wildman–Crippen LogP) is 2.22. The molecule has 0 amide bonds. The monoisotopic (exact) mass is 260 g/mol. The average Bonchev–Trinajstić information content (AvgIpc) is 2.83. The van der Waals surface area contributed by atoms with Gasteiger partial charge < -0.3 is 15.4 Å².